The maximum atomic E-state index is 12.2. The number of ether oxygens (including phenoxy) is 1. The Kier molecular flexibility index (Phi) is 4.52. The van der Waals surface area contributed by atoms with E-state index in [1.54, 1.807) is 18.0 Å². The summed E-state index contributed by atoms with van der Waals surface area (Å²) in [5.41, 5.74) is 1.63. The first-order valence-electron chi connectivity index (χ1n) is 8.18. The number of nitrogens with zero attached hydrogens (tertiary/aromatic N) is 2. The van der Waals surface area contributed by atoms with Crippen molar-refractivity contribution in [2.45, 2.75) is 9.79 Å². The summed E-state index contributed by atoms with van der Waals surface area (Å²) in [6.45, 7) is 0. The van der Waals surface area contributed by atoms with Gasteiger partial charge in [-0.15, -0.1) is 0 Å². The predicted octanol–water partition coefficient (Wildman–Crippen LogP) is 3.63. The first-order valence-corrected chi connectivity index (χ1v) is 8.99. The Labute approximate surface area is 158 Å². The lowest BCUT2D eigenvalue weighted by Crippen LogP contribution is -2.20. The van der Waals surface area contributed by atoms with Gasteiger partial charge in [0.05, 0.1) is 19.5 Å². The van der Waals surface area contributed by atoms with Gasteiger partial charge in [-0.25, -0.2) is 9.31 Å². The van der Waals surface area contributed by atoms with Crippen LogP contribution in [0.4, 0.5) is 0 Å². The van der Waals surface area contributed by atoms with Crippen LogP contribution in [0.15, 0.2) is 81.6 Å². The topological polar surface area (TPSA) is 76.5 Å². The number of esters is 1. The molecule has 4 rings (SSSR count). The number of carbonyl (C=O) groups is 1. The molecule has 0 aliphatic carbocycles. The lowest BCUT2D eigenvalue weighted by atomic mass is 10.1. The number of H-pyrrole nitrogens is 1. The van der Waals surface area contributed by atoms with Gasteiger partial charge in [-0.1, -0.05) is 42.1 Å². The molecule has 7 heteroatoms. The van der Waals surface area contributed by atoms with Crippen molar-refractivity contribution in [1.29, 1.82) is 0 Å². The third-order valence-corrected chi connectivity index (χ3v) is 5.09. The Bertz CT molecular complexity index is 1160. The van der Waals surface area contributed by atoms with E-state index in [1.807, 2.05) is 42.5 Å². The average molecular weight is 377 g/mol. The molecule has 134 valence electrons. The van der Waals surface area contributed by atoms with E-state index in [2.05, 4.69) is 27.0 Å². The largest absolute Gasteiger partial charge is 0.465 e. The molecule has 2 aromatic heterocycles. The van der Waals surface area contributed by atoms with E-state index in [0.29, 0.717) is 5.65 Å². The molecular weight excluding hydrogens is 362 g/mol. The number of nitrogens with one attached hydrogen (secondary N) is 1. The van der Waals surface area contributed by atoms with Gasteiger partial charge in [0.2, 0.25) is 0 Å². The Balaban J connectivity index is 1.67. The SMILES string of the molecule is COC(=O)c1cn2ncc(-c3ccc(Sc4ccccc4)cc3)c2[nH]c1=O. The monoisotopic (exact) mass is 377 g/mol. The average Bonchev–Trinajstić information content (AvgIpc) is 3.11. The van der Waals surface area contributed by atoms with E-state index < -0.39 is 11.5 Å². The zero-order chi connectivity index (χ0) is 18.8. The molecule has 27 heavy (non-hydrogen) atoms. The van der Waals surface area contributed by atoms with Crippen molar-refractivity contribution in [2.24, 2.45) is 0 Å². The summed E-state index contributed by atoms with van der Waals surface area (Å²) in [4.78, 5) is 28.8. The highest BCUT2D eigenvalue weighted by molar-refractivity contribution is 7.99. The van der Waals surface area contributed by atoms with Crippen molar-refractivity contribution in [3.63, 3.8) is 0 Å². The lowest BCUT2D eigenvalue weighted by molar-refractivity contribution is 0.0598. The summed E-state index contributed by atoms with van der Waals surface area (Å²) in [5, 5.41) is 4.24. The normalized spacial score (nSPS) is 10.9. The molecule has 0 aliphatic rings. The second-order valence-corrected chi connectivity index (χ2v) is 6.93. The number of rotatable bonds is 4. The lowest BCUT2D eigenvalue weighted by Gasteiger charge is -2.04. The van der Waals surface area contributed by atoms with Gasteiger partial charge in [-0.05, 0) is 29.8 Å². The molecule has 6 nitrogen and oxygen atoms in total. The highest BCUT2D eigenvalue weighted by Gasteiger charge is 2.15. The Hall–Kier alpha value is -3.32. The fraction of sp³-hybridized carbons (Fsp3) is 0.0500. The molecule has 0 radical (unpaired) electrons. The minimum absolute atomic E-state index is 0.0886. The summed E-state index contributed by atoms with van der Waals surface area (Å²) in [7, 11) is 1.23. The van der Waals surface area contributed by atoms with Crippen LogP contribution in [0, 0.1) is 0 Å². The van der Waals surface area contributed by atoms with Crippen LogP contribution < -0.4 is 5.56 Å². The molecule has 0 unspecified atom stereocenters. The van der Waals surface area contributed by atoms with Gasteiger partial charge < -0.3 is 9.72 Å². The van der Waals surface area contributed by atoms with Crippen LogP contribution in [-0.2, 0) is 4.74 Å². The smallest absolute Gasteiger partial charge is 0.345 e. The molecule has 2 aromatic carbocycles. The molecule has 0 fully saturated rings. The van der Waals surface area contributed by atoms with E-state index >= 15 is 0 Å². The number of aromatic amines is 1. The third-order valence-electron chi connectivity index (χ3n) is 4.07. The second-order valence-electron chi connectivity index (χ2n) is 5.78. The Morgan fingerprint density at radius 1 is 1.07 bits per heavy atom. The van der Waals surface area contributed by atoms with Crippen LogP contribution in [0.3, 0.4) is 0 Å². The standard InChI is InChI=1S/C20H15N3O3S/c1-26-20(25)17-12-23-18(22-19(17)24)16(11-21-23)13-7-9-15(10-8-13)27-14-5-3-2-4-6-14/h2-12H,1H3,(H,22,24). The van der Waals surface area contributed by atoms with Gasteiger partial charge in [-0.2, -0.15) is 5.10 Å². The van der Waals surface area contributed by atoms with Crippen LogP contribution >= 0.6 is 11.8 Å². The molecule has 0 atom stereocenters. The van der Waals surface area contributed by atoms with Crippen LogP contribution in [0.25, 0.3) is 16.8 Å². The molecule has 0 saturated carbocycles. The van der Waals surface area contributed by atoms with E-state index in [9.17, 15) is 9.59 Å². The minimum atomic E-state index is -0.697. The Morgan fingerprint density at radius 2 is 1.78 bits per heavy atom. The van der Waals surface area contributed by atoms with Crippen molar-refractivity contribution in [2.75, 3.05) is 7.11 Å². The van der Waals surface area contributed by atoms with Crippen molar-refractivity contribution in [1.82, 2.24) is 14.6 Å². The maximum Gasteiger partial charge on any atom is 0.345 e. The number of benzene rings is 2. The molecule has 2 heterocycles. The predicted molar refractivity (Wildman–Crippen MR) is 103 cm³/mol. The Morgan fingerprint density at radius 3 is 2.48 bits per heavy atom. The number of carbonyl (C=O) groups excluding carboxylic acids is 1. The van der Waals surface area contributed by atoms with Crippen LogP contribution in [0.1, 0.15) is 10.4 Å². The molecule has 0 bridgehead atoms. The summed E-state index contributed by atoms with van der Waals surface area (Å²) in [5.74, 6) is -0.697. The van der Waals surface area contributed by atoms with Gasteiger partial charge in [0.15, 0.2) is 0 Å². The van der Waals surface area contributed by atoms with Gasteiger partial charge >= 0.3 is 5.97 Å². The van der Waals surface area contributed by atoms with E-state index in [1.165, 1.54) is 22.7 Å². The second kappa shape index (κ2) is 7.13. The molecule has 0 amide bonds. The van der Waals surface area contributed by atoms with Crippen molar-refractivity contribution in [3.8, 4) is 11.1 Å². The van der Waals surface area contributed by atoms with E-state index in [0.717, 1.165) is 16.0 Å². The number of fused-ring (bicyclic) bond motifs is 1. The number of methoxy groups -OCH3 is 1. The highest BCUT2D eigenvalue weighted by atomic mass is 32.2. The zero-order valence-corrected chi connectivity index (χ0v) is 15.2. The number of aromatic nitrogens is 3. The molecule has 0 spiro atoms. The first-order chi connectivity index (χ1) is 13.2. The summed E-state index contributed by atoms with van der Waals surface area (Å²) in [6.07, 6.45) is 3.04. The third kappa shape index (κ3) is 3.37. The molecule has 4 aromatic rings. The summed E-state index contributed by atoms with van der Waals surface area (Å²) in [6, 6.07) is 18.1. The number of hydrogen-bond acceptors (Lipinski definition) is 5. The molecular formula is C20H15N3O3S. The minimum Gasteiger partial charge on any atom is -0.465 e. The van der Waals surface area contributed by atoms with Gasteiger partial charge in [-0.3, -0.25) is 4.79 Å². The van der Waals surface area contributed by atoms with Gasteiger partial charge in [0.25, 0.3) is 5.56 Å². The van der Waals surface area contributed by atoms with Crippen LogP contribution in [-0.4, -0.2) is 27.7 Å². The van der Waals surface area contributed by atoms with Crippen LogP contribution in [0.5, 0.6) is 0 Å². The number of hydrogen-bond donors (Lipinski definition) is 1. The zero-order valence-electron chi connectivity index (χ0n) is 14.4. The van der Waals surface area contributed by atoms with Crippen LogP contribution in [0.2, 0.25) is 0 Å². The summed E-state index contributed by atoms with van der Waals surface area (Å²) >= 11 is 1.68. The van der Waals surface area contributed by atoms with E-state index in [4.69, 9.17) is 0 Å². The maximum absolute atomic E-state index is 12.2. The molecule has 0 aliphatic heterocycles. The van der Waals surface area contributed by atoms with Crippen molar-refractivity contribution < 1.29 is 9.53 Å². The molecule has 0 saturated heterocycles. The van der Waals surface area contributed by atoms with Crippen molar-refractivity contribution >= 4 is 23.4 Å². The quantitative estimate of drug-likeness (QED) is 0.550. The molecule has 1 N–H and O–H groups in total. The van der Waals surface area contributed by atoms with Gasteiger partial charge in [0, 0.05) is 15.4 Å². The fourth-order valence-electron chi connectivity index (χ4n) is 2.73. The van der Waals surface area contributed by atoms with E-state index in [-0.39, 0.29) is 5.56 Å². The first kappa shape index (κ1) is 17.1. The summed E-state index contributed by atoms with van der Waals surface area (Å²) < 4.78 is 6.08. The van der Waals surface area contributed by atoms with Gasteiger partial charge in [0.1, 0.15) is 11.2 Å². The van der Waals surface area contributed by atoms with Crippen molar-refractivity contribution in [3.05, 3.63) is 82.9 Å². The highest BCUT2D eigenvalue weighted by Crippen LogP contribution is 2.30. The fourth-order valence-corrected chi connectivity index (χ4v) is 3.57.